The zero-order chi connectivity index (χ0) is 13.9. The molecule has 0 radical (unpaired) electrons. The average Bonchev–Trinajstić information content (AvgIpc) is 2.24. The molecule has 18 heavy (non-hydrogen) atoms. The van der Waals surface area contributed by atoms with Gasteiger partial charge < -0.3 is 5.73 Å². The number of nitrogens with one attached hydrogen (secondary N) is 1. The SMILES string of the molecule is CC(NC(C(N)=O)C(C)C)c1ccc(Br)cc1Cl. The Morgan fingerprint density at radius 1 is 1.39 bits per heavy atom. The zero-order valence-corrected chi connectivity index (χ0v) is 13.0. The molecule has 0 heterocycles. The number of amides is 1. The van der Waals surface area contributed by atoms with Crippen LogP contribution >= 0.6 is 27.5 Å². The Morgan fingerprint density at radius 2 is 2.00 bits per heavy atom. The standard InChI is InChI=1S/C13H18BrClN2O/c1-7(2)12(13(16)18)17-8(3)10-5-4-9(14)6-11(10)15/h4-8,12,17H,1-3H3,(H2,16,18). The third-order valence-corrected chi connectivity index (χ3v) is 3.65. The van der Waals surface area contributed by atoms with Crippen molar-refractivity contribution in [2.75, 3.05) is 0 Å². The lowest BCUT2D eigenvalue weighted by molar-refractivity contribution is -0.121. The average molecular weight is 334 g/mol. The number of nitrogens with two attached hydrogens (primary N) is 1. The Kier molecular flexibility index (Phi) is 5.63. The van der Waals surface area contributed by atoms with E-state index in [0.29, 0.717) is 5.02 Å². The molecule has 2 unspecified atom stereocenters. The van der Waals surface area contributed by atoms with Gasteiger partial charge in [-0.25, -0.2) is 0 Å². The maximum absolute atomic E-state index is 11.4. The Balaban J connectivity index is 2.87. The van der Waals surface area contributed by atoms with Gasteiger partial charge in [0, 0.05) is 15.5 Å². The van der Waals surface area contributed by atoms with Crippen LogP contribution in [0.4, 0.5) is 0 Å². The molecule has 100 valence electrons. The maximum Gasteiger partial charge on any atom is 0.234 e. The first-order valence-corrected chi connectivity index (χ1v) is 7.00. The summed E-state index contributed by atoms with van der Waals surface area (Å²) < 4.78 is 0.929. The first-order valence-electron chi connectivity index (χ1n) is 5.83. The van der Waals surface area contributed by atoms with E-state index in [0.717, 1.165) is 10.0 Å². The molecule has 0 aliphatic heterocycles. The zero-order valence-electron chi connectivity index (χ0n) is 10.7. The van der Waals surface area contributed by atoms with Crippen LogP contribution in [0.1, 0.15) is 32.4 Å². The van der Waals surface area contributed by atoms with Crippen LogP contribution < -0.4 is 11.1 Å². The molecule has 0 saturated carbocycles. The largest absolute Gasteiger partial charge is 0.368 e. The molecule has 0 fully saturated rings. The second-order valence-electron chi connectivity index (χ2n) is 4.68. The lowest BCUT2D eigenvalue weighted by atomic mass is 10.0. The molecule has 1 amide bonds. The van der Waals surface area contributed by atoms with Gasteiger partial charge in [-0.15, -0.1) is 0 Å². The quantitative estimate of drug-likeness (QED) is 0.869. The van der Waals surface area contributed by atoms with Gasteiger partial charge in [0.2, 0.25) is 5.91 Å². The molecule has 0 bridgehead atoms. The van der Waals surface area contributed by atoms with E-state index >= 15 is 0 Å². The van der Waals surface area contributed by atoms with Crippen LogP contribution in [-0.4, -0.2) is 11.9 Å². The summed E-state index contributed by atoms with van der Waals surface area (Å²) in [7, 11) is 0. The number of carbonyl (C=O) groups is 1. The van der Waals surface area contributed by atoms with Gasteiger partial charge >= 0.3 is 0 Å². The predicted molar refractivity (Wildman–Crippen MR) is 78.5 cm³/mol. The van der Waals surface area contributed by atoms with Crippen molar-refractivity contribution in [2.45, 2.75) is 32.9 Å². The second kappa shape index (κ2) is 6.55. The minimum Gasteiger partial charge on any atom is -0.368 e. The molecule has 1 rings (SSSR count). The van der Waals surface area contributed by atoms with Gasteiger partial charge in [-0.2, -0.15) is 0 Å². The topological polar surface area (TPSA) is 55.1 Å². The van der Waals surface area contributed by atoms with Crippen LogP contribution in [0.25, 0.3) is 0 Å². The Morgan fingerprint density at radius 3 is 2.44 bits per heavy atom. The van der Waals surface area contributed by atoms with E-state index < -0.39 is 0 Å². The van der Waals surface area contributed by atoms with Crippen molar-refractivity contribution in [2.24, 2.45) is 11.7 Å². The molecule has 3 nitrogen and oxygen atoms in total. The van der Waals surface area contributed by atoms with Gasteiger partial charge in [0.05, 0.1) is 6.04 Å². The van der Waals surface area contributed by atoms with Gasteiger partial charge in [0.1, 0.15) is 0 Å². The van der Waals surface area contributed by atoms with E-state index in [-0.39, 0.29) is 23.9 Å². The molecular formula is C13H18BrClN2O. The fraction of sp³-hybridized carbons (Fsp3) is 0.462. The van der Waals surface area contributed by atoms with E-state index in [1.165, 1.54) is 0 Å². The van der Waals surface area contributed by atoms with E-state index in [9.17, 15) is 4.79 Å². The van der Waals surface area contributed by atoms with Gasteiger partial charge in [-0.3, -0.25) is 10.1 Å². The number of hydrogen-bond donors (Lipinski definition) is 2. The minimum absolute atomic E-state index is 0.0366. The predicted octanol–water partition coefficient (Wildman–Crippen LogP) is 3.26. The van der Waals surface area contributed by atoms with E-state index in [4.69, 9.17) is 17.3 Å². The fourth-order valence-corrected chi connectivity index (χ4v) is 2.65. The normalized spacial score (nSPS) is 14.6. The molecule has 2 atom stereocenters. The Hall–Kier alpha value is -0.580. The first kappa shape index (κ1) is 15.5. The number of primary amides is 1. The number of benzene rings is 1. The van der Waals surface area contributed by atoms with E-state index in [1.807, 2.05) is 39.0 Å². The number of rotatable bonds is 5. The van der Waals surface area contributed by atoms with Crippen LogP contribution in [0, 0.1) is 5.92 Å². The highest BCUT2D eigenvalue weighted by molar-refractivity contribution is 9.10. The highest BCUT2D eigenvalue weighted by atomic mass is 79.9. The number of hydrogen-bond acceptors (Lipinski definition) is 2. The van der Waals surface area contributed by atoms with Crippen molar-refractivity contribution in [3.05, 3.63) is 33.3 Å². The van der Waals surface area contributed by atoms with Crippen LogP contribution in [0.15, 0.2) is 22.7 Å². The third-order valence-electron chi connectivity index (χ3n) is 2.83. The third kappa shape index (κ3) is 3.97. The fourth-order valence-electron chi connectivity index (χ4n) is 1.81. The molecule has 1 aromatic rings. The summed E-state index contributed by atoms with van der Waals surface area (Å²) in [5.74, 6) is -0.204. The summed E-state index contributed by atoms with van der Waals surface area (Å²) in [5.41, 5.74) is 6.33. The van der Waals surface area contributed by atoms with Crippen molar-refractivity contribution in [3.8, 4) is 0 Å². The molecule has 1 aromatic carbocycles. The summed E-state index contributed by atoms with van der Waals surface area (Å²) >= 11 is 9.54. The molecule has 3 N–H and O–H groups in total. The molecule has 0 aliphatic carbocycles. The molecule has 0 saturated heterocycles. The smallest absolute Gasteiger partial charge is 0.234 e. The van der Waals surface area contributed by atoms with Crippen LogP contribution in [-0.2, 0) is 4.79 Å². The summed E-state index contributed by atoms with van der Waals surface area (Å²) in [6.45, 7) is 5.88. The lowest BCUT2D eigenvalue weighted by Crippen LogP contribution is -2.45. The minimum atomic E-state index is -0.361. The summed E-state index contributed by atoms with van der Waals surface area (Å²) in [6, 6.07) is 5.30. The van der Waals surface area contributed by atoms with Gasteiger partial charge in [-0.1, -0.05) is 47.4 Å². The van der Waals surface area contributed by atoms with Gasteiger partial charge in [0.25, 0.3) is 0 Å². The highest BCUT2D eigenvalue weighted by Crippen LogP contribution is 2.27. The monoisotopic (exact) mass is 332 g/mol. The summed E-state index contributed by atoms with van der Waals surface area (Å²) in [5, 5.41) is 3.88. The number of carbonyl (C=O) groups excluding carboxylic acids is 1. The van der Waals surface area contributed by atoms with Crippen LogP contribution in [0.2, 0.25) is 5.02 Å². The number of halogens is 2. The van der Waals surface area contributed by atoms with Gasteiger partial charge in [0.15, 0.2) is 0 Å². The Labute approximate surface area is 121 Å². The van der Waals surface area contributed by atoms with E-state index in [2.05, 4.69) is 21.2 Å². The summed E-state index contributed by atoms with van der Waals surface area (Å²) in [4.78, 5) is 11.4. The van der Waals surface area contributed by atoms with Gasteiger partial charge in [-0.05, 0) is 30.5 Å². The molecule has 5 heteroatoms. The van der Waals surface area contributed by atoms with Crippen molar-refractivity contribution in [1.29, 1.82) is 0 Å². The molecule has 0 spiro atoms. The van der Waals surface area contributed by atoms with Crippen molar-refractivity contribution < 1.29 is 4.79 Å². The molecule has 0 aliphatic rings. The van der Waals surface area contributed by atoms with Crippen molar-refractivity contribution >= 4 is 33.4 Å². The van der Waals surface area contributed by atoms with Crippen molar-refractivity contribution in [1.82, 2.24) is 5.32 Å². The van der Waals surface area contributed by atoms with Crippen LogP contribution in [0.5, 0.6) is 0 Å². The maximum atomic E-state index is 11.4. The second-order valence-corrected chi connectivity index (χ2v) is 6.00. The highest BCUT2D eigenvalue weighted by Gasteiger charge is 2.22. The van der Waals surface area contributed by atoms with Crippen LogP contribution in [0.3, 0.4) is 0 Å². The molecular weight excluding hydrogens is 316 g/mol. The lowest BCUT2D eigenvalue weighted by Gasteiger charge is -2.24. The first-order chi connectivity index (χ1) is 8.32. The Bertz CT molecular complexity index is 437. The summed E-state index contributed by atoms with van der Waals surface area (Å²) in [6.07, 6.45) is 0. The van der Waals surface area contributed by atoms with E-state index in [1.54, 1.807) is 0 Å². The molecule has 0 aromatic heterocycles. The van der Waals surface area contributed by atoms with Crippen molar-refractivity contribution in [3.63, 3.8) is 0 Å².